The van der Waals surface area contributed by atoms with Crippen LogP contribution in [0.3, 0.4) is 0 Å². The fourth-order valence-electron chi connectivity index (χ4n) is 2.99. The number of nitrogens with one attached hydrogen (secondary N) is 1. The topological polar surface area (TPSA) is 141 Å². The predicted octanol–water partition coefficient (Wildman–Crippen LogP) is 1.64. The molecule has 1 fully saturated rings. The summed E-state index contributed by atoms with van der Waals surface area (Å²) in [6.07, 6.45) is 3.13. The molecule has 0 aliphatic heterocycles. The number of nitrogens with zero attached hydrogens (tertiary/aromatic N) is 2. The Labute approximate surface area is 145 Å². The first-order valence-electron chi connectivity index (χ1n) is 7.73. The Balaban J connectivity index is 2.01. The van der Waals surface area contributed by atoms with E-state index in [9.17, 15) is 13.2 Å². The number of aromatic nitrogens is 2. The number of urea groups is 1. The zero-order valence-electron chi connectivity index (χ0n) is 13.7. The Kier molecular flexibility index (Phi) is 4.11. The van der Waals surface area contributed by atoms with Crippen LogP contribution in [-0.2, 0) is 14.6 Å². The second-order valence-corrected chi connectivity index (χ2v) is 8.51. The maximum atomic E-state index is 12.3. The average molecular weight is 361 g/mol. The highest BCUT2D eigenvalue weighted by Crippen LogP contribution is 2.47. The molecule has 1 aromatic carbocycles. The molecule has 1 heterocycles. The number of carbonyl (C=O) groups is 1. The number of anilines is 2. The summed E-state index contributed by atoms with van der Waals surface area (Å²) in [5, 5.41) is 2.46. The first-order chi connectivity index (χ1) is 11.7. The van der Waals surface area contributed by atoms with E-state index in [0.29, 0.717) is 35.6 Å². The van der Waals surface area contributed by atoms with Crippen LogP contribution in [0.15, 0.2) is 30.3 Å². The number of nitrogens with two attached hydrogens (primary N) is 2. The molecule has 5 N–H and O–H groups in total. The summed E-state index contributed by atoms with van der Waals surface area (Å²) in [6.45, 7) is 0. The molecule has 0 atom stereocenters. The Morgan fingerprint density at radius 2 is 1.84 bits per heavy atom. The zero-order chi connectivity index (χ0) is 18.2. The molecule has 1 aliphatic carbocycles. The second kappa shape index (κ2) is 5.99. The summed E-state index contributed by atoms with van der Waals surface area (Å²) in [4.78, 5) is 19.6. The Bertz CT molecular complexity index is 921. The van der Waals surface area contributed by atoms with Gasteiger partial charge in [0.15, 0.2) is 15.7 Å². The third-order valence-corrected chi connectivity index (χ3v) is 6.53. The molecule has 1 saturated carbocycles. The van der Waals surface area contributed by atoms with Crippen molar-refractivity contribution in [3.8, 4) is 11.4 Å². The molecule has 0 bridgehead atoms. The van der Waals surface area contributed by atoms with Crippen LogP contribution in [0, 0.1) is 0 Å². The third kappa shape index (κ3) is 3.14. The molecule has 9 heteroatoms. The number of benzene rings is 1. The van der Waals surface area contributed by atoms with Gasteiger partial charge in [-0.2, -0.15) is 0 Å². The molecule has 8 nitrogen and oxygen atoms in total. The normalized spacial score (nSPS) is 16.0. The lowest BCUT2D eigenvalue weighted by Gasteiger charge is -2.39. The number of hydrogen-bond donors (Lipinski definition) is 3. The number of nitrogen functional groups attached to an aromatic ring is 1. The summed E-state index contributed by atoms with van der Waals surface area (Å²) >= 11 is 0. The van der Waals surface area contributed by atoms with Crippen LogP contribution in [0.5, 0.6) is 0 Å². The van der Waals surface area contributed by atoms with E-state index in [0.717, 1.165) is 6.42 Å². The van der Waals surface area contributed by atoms with Gasteiger partial charge in [-0.15, -0.1) is 0 Å². The van der Waals surface area contributed by atoms with E-state index in [1.165, 1.54) is 12.3 Å². The second-order valence-electron chi connectivity index (χ2n) is 6.19. The van der Waals surface area contributed by atoms with Gasteiger partial charge in [0.1, 0.15) is 10.6 Å². The number of sulfone groups is 1. The molecule has 1 aromatic heterocycles. The van der Waals surface area contributed by atoms with Gasteiger partial charge in [0, 0.05) is 23.6 Å². The van der Waals surface area contributed by atoms with Crippen LogP contribution < -0.4 is 16.8 Å². The first-order valence-corrected chi connectivity index (χ1v) is 9.62. The molecule has 1 aliphatic rings. The molecule has 132 valence electrons. The monoisotopic (exact) mass is 361 g/mol. The van der Waals surface area contributed by atoms with Gasteiger partial charge in [-0.05, 0) is 43.5 Å². The van der Waals surface area contributed by atoms with Crippen LogP contribution >= 0.6 is 0 Å². The smallest absolute Gasteiger partial charge is 0.316 e. The van der Waals surface area contributed by atoms with E-state index in [1.807, 2.05) is 0 Å². The summed E-state index contributed by atoms with van der Waals surface area (Å²) in [7, 11) is -3.32. The maximum absolute atomic E-state index is 12.3. The van der Waals surface area contributed by atoms with Crippen molar-refractivity contribution in [3.05, 3.63) is 36.0 Å². The summed E-state index contributed by atoms with van der Waals surface area (Å²) < 4.78 is 23.6. The molecule has 2 aromatic rings. The van der Waals surface area contributed by atoms with Gasteiger partial charge in [-0.25, -0.2) is 23.2 Å². The highest BCUT2D eigenvalue weighted by Gasteiger charge is 2.49. The number of hydrogen-bond acceptors (Lipinski definition) is 6. The van der Waals surface area contributed by atoms with E-state index in [-0.39, 0.29) is 5.82 Å². The molecular formula is C16H19N5O3S. The Hall–Kier alpha value is -2.68. The molecular weight excluding hydrogens is 342 g/mol. The Morgan fingerprint density at radius 3 is 2.32 bits per heavy atom. The van der Waals surface area contributed by atoms with Crippen molar-refractivity contribution in [1.82, 2.24) is 9.97 Å². The highest BCUT2D eigenvalue weighted by molar-refractivity contribution is 7.91. The van der Waals surface area contributed by atoms with Crippen molar-refractivity contribution in [2.75, 3.05) is 17.3 Å². The Morgan fingerprint density at radius 1 is 1.20 bits per heavy atom. The zero-order valence-corrected chi connectivity index (χ0v) is 14.5. The largest absolute Gasteiger partial charge is 0.384 e. The van der Waals surface area contributed by atoms with Crippen LogP contribution in [-0.4, -0.2) is 30.7 Å². The fourth-order valence-corrected chi connectivity index (χ4v) is 4.50. The van der Waals surface area contributed by atoms with Crippen molar-refractivity contribution >= 4 is 27.4 Å². The van der Waals surface area contributed by atoms with Crippen molar-refractivity contribution in [3.63, 3.8) is 0 Å². The molecule has 2 amide bonds. The van der Waals surface area contributed by atoms with E-state index >= 15 is 0 Å². The minimum atomic E-state index is -3.32. The van der Waals surface area contributed by atoms with Crippen molar-refractivity contribution in [1.29, 1.82) is 0 Å². The summed E-state index contributed by atoms with van der Waals surface area (Å²) in [5.74, 6) is 0.560. The fraction of sp³-hybridized carbons (Fsp3) is 0.312. The average Bonchev–Trinajstić information content (AvgIpc) is 2.44. The quantitative estimate of drug-likeness (QED) is 0.756. The van der Waals surface area contributed by atoms with Gasteiger partial charge in [0.2, 0.25) is 0 Å². The lowest BCUT2D eigenvalue weighted by molar-refractivity contribution is 0.259. The van der Waals surface area contributed by atoms with Crippen LogP contribution in [0.2, 0.25) is 0 Å². The standard InChI is InChI=1S/C16H19N5O3S/c1-25(23,24)16(7-2-8-16)12-9-13(17)21-14(20-12)10-3-5-11(6-4-10)19-15(18)22/h3-6,9H,2,7-8H2,1H3,(H2,17,20,21)(H3,18,19,22). The number of primary amides is 1. The summed E-state index contributed by atoms with van der Waals surface area (Å²) in [5.41, 5.74) is 12.6. The van der Waals surface area contributed by atoms with Gasteiger partial charge in [0.25, 0.3) is 0 Å². The van der Waals surface area contributed by atoms with E-state index in [1.54, 1.807) is 24.3 Å². The van der Waals surface area contributed by atoms with Gasteiger partial charge in [0.05, 0.1) is 5.69 Å². The van der Waals surface area contributed by atoms with E-state index < -0.39 is 20.6 Å². The lowest BCUT2D eigenvalue weighted by atomic mass is 9.81. The minimum Gasteiger partial charge on any atom is -0.384 e. The van der Waals surface area contributed by atoms with Crippen molar-refractivity contribution < 1.29 is 13.2 Å². The molecule has 25 heavy (non-hydrogen) atoms. The molecule has 0 radical (unpaired) electrons. The first kappa shape index (κ1) is 17.2. The van der Waals surface area contributed by atoms with Crippen molar-refractivity contribution in [2.45, 2.75) is 24.0 Å². The van der Waals surface area contributed by atoms with Crippen LogP contribution in [0.25, 0.3) is 11.4 Å². The third-order valence-electron chi connectivity index (χ3n) is 4.49. The van der Waals surface area contributed by atoms with E-state index in [4.69, 9.17) is 11.5 Å². The maximum Gasteiger partial charge on any atom is 0.316 e. The summed E-state index contributed by atoms with van der Waals surface area (Å²) in [6, 6.07) is 7.60. The van der Waals surface area contributed by atoms with Gasteiger partial charge in [-0.3, -0.25) is 0 Å². The van der Waals surface area contributed by atoms with Gasteiger partial charge < -0.3 is 16.8 Å². The molecule has 0 unspecified atom stereocenters. The lowest BCUT2D eigenvalue weighted by Crippen LogP contribution is -2.42. The number of rotatable bonds is 4. The number of amides is 2. The number of carbonyl (C=O) groups excluding carboxylic acids is 1. The van der Waals surface area contributed by atoms with Crippen LogP contribution in [0.4, 0.5) is 16.3 Å². The molecule has 0 spiro atoms. The molecule has 0 saturated heterocycles. The SMILES string of the molecule is CS(=O)(=O)C1(c2cc(N)nc(-c3ccc(NC(N)=O)cc3)n2)CCC1. The van der Waals surface area contributed by atoms with Crippen molar-refractivity contribution in [2.24, 2.45) is 5.73 Å². The van der Waals surface area contributed by atoms with E-state index in [2.05, 4.69) is 15.3 Å². The van der Waals surface area contributed by atoms with Gasteiger partial charge in [-0.1, -0.05) is 0 Å². The highest BCUT2D eigenvalue weighted by atomic mass is 32.2. The predicted molar refractivity (Wildman–Crippen MR) is 95.5 cm³/mol. The van der Waals surface area contributed by atoms with Gasteiger partial charge >= 0.3 is 6.03 Å². The minimum absolute atomic E-state index is 0.217. The molecule has 3 rings (SSSR count). The van der Waals surface area contributed by atoms with Crippen LogP contribution in [0.1, 0.15) is 25.0 Å².